The average molecular weight is 267 g/mol. The first-order valence-corrected chi connectivity index (χ1v) is 5.57. The molecule has 0 aliphatic heterocycles. The number of methoxy groups -OCH3 is 1. The van der Waals surface area contributed by atoms with Crippen molar-refractivity contribution in [2.45, 2.75) is 6.61 Å². The van der Waals surface area contributed by atoms with E-state index in [2.05, 4.69) is 9.97 Å². The SMILES string of the molecule is COc1cccc(COc2nc[nH]c(=O)c2Cl)c1. The van der Waals surface area contributed by atoms with Crippen molar-refractivity contribution in [1.29, 1.82) is 0 Å². The highest BCUT2D eigenvalue weighted by atomic mass is 35.5. The van der Waals surface area contributed by atoms with Gasteiger partial charge in [0.15, 0.2) is 5.02 Å². The number of hydrogen-bond acceptors (Lipinski definition) is 4. The molecule has 1 heterocycles. The van der Waals surface area contributed by atoms with Gasteiger partial charge in [-0.3, -0.25) is 4.79 Å². The van der Waals surface area contributed by atoms with E-state index in [9.17, 15) is 4.79 Å². The van der Waals surface area contributed by atoms with E-state index in [0.29, 0.717) is 0 Å². The molecule has 2 aromatic rings. The molecule has 0 bridgehead atoms. The van der Waals surface area contributed by atoms with E-state index in [0.717, 1.165) is 11.3 Å². The molecule has 1 aromatic carbocycles. The van der Waals surface area contributed by atoms with Crippen molar-refractivity contribution in [2.75, 3.05) is 7.11 Å². The van der Waals surface area contributed by atoms with Gasteiger partial charge in [-0.1, -0.05) is 23.7 Å². The zero-order chi connectivity index (χ0) is 13.0. The maximum atomic E-state index is 11.2. The van der Waals surface area contributed by atoms with Crippen LogP contribution < -0.4 is 15.0 Å². The molecule has 0 amide bonds. The van der Waals surface area contributed by atoms with Crippen LogP contribution in [0.25, 0.3) is 0 Å². The predicted octanol–water partition coefficient (Wildman–Crippen LogP) is 2.01. The number of H-pyrrole nitrogens is 1. The molecular formula is C12H11ClN2O3. The molecule has 0 spiro atoms. The minimum atomic E-state index is -0.424. The number of aromatic amines is 1. The summed E-state index contributed by atoms with van der Waals surface area (Å²) < 4.78 is 10.5. The zero-order valence-electron chi connectivity index (χ0n) is 9.64. The van der Waals surface area contributed by atoms with E-state index in [4.69, 9.17) is 21.1 Å². The summed E-state index contributed by atoms with van der Waals surface area (Å²) in [4.78, 5) is 17.4. The Balaban J connectivity index is 2.11. The number of rotatable bonds is 4. The van der Waals surface area contributed by atoms with Crippen molar-refractivity contribution in [3.05, 3.63) is 51.5 Å². The molecule has 18 heavy (non-hydrogen) atoms. The lowest BCUT2D eigenvalue weighted by Gasteiger charge is -2.07. The van der Waals surface area contributed by atoms with E-state index >= 15 is 0 Å². The smallest absolute Gasteiger partial charge is 0.273 e. The third-order valence-electron chi connectivity index (χ3n) is 2.27. The van der Waals surface area contributed by atoms with Crippen LogP contribution in [-0.2, 0) is 6.61 Å². The van der Waals surface area contributed by atoms with Crippen LogP contribution in [-0.4, -0.2) is 17.1 Å². The molecule has 0 atom stereocenters. The standard InChI is InChI=1S/C12H11ClN2O3/c1-17-9-4-2-3-8(5-9)6-18-12-10(13)11(16)14-7-15-12/h2-5,7H,6H2,1H3,(H,14,15,16). The fourth-order valence-corrected chi connectivity index (χ4v) is 1.54. The van der Waals surface area contributed by atoms with Gasteiger partial charge < -0.3 is 14.5 Å². The van der Waals surface area contributed by atoms with Crippen molar-refractivity contribution in [3.8, 4) is 11.6 Å². The van der Waals surface area contributed by atoms with Crippen molar-refractivity contribution in [2.24, 2.45) is 0 Å². The molecule has 5 nitrogen and oxygen atoms in total. The molecule has 0 saturated heterocycles. The topological polar surface area (TPSA) is 64.2 Å². The van der Waals surface area contributed by atoms with Gasteiger partial charge in [0.25, 0.3) is 5.56 Å². The first kappa shape index (κ1) is 12.4. The van der Waals surface area contributed by atoms with Gasteiger partial charge in [0.2, 0.25) is 5.88 Å². The van der Waals surface area contributed by atoms with Crippen LogP contribution in [0.4, 0.5) is 0 Å². The summed E-state index contributed by atoms with van der Waals surface area (Å²) in [5.74, 6) is 0.851. The number of ether oxygens (including phenoxy) is 2. The molecule has 0 fully saturated rings. The number of hydrogen-bond donors (Lipinski definition) is 1. The summed E-state index contributed by atoms with van der Waals surface area (Å²) in [5, 5.41) is -0.0552. The Morgan fingerprint density at radius 1 is 1.44 bits per heavy atom. The second kappa shape index (κ2) is 5.55. The number of nitrogens with one attached hydrogen (secondary N) is 1. The van der Waals surface area contributed by atoms with Crippen LogP contribution in [0.5, 0.6) is 11.6 Å². The Morgan fingerprint density at radius 3 is 3.06 bits per heavy atom. The quantitative estimate of drug-likeness (QED) is 0.919. The third-order valence-corrected chi connectivity index (χ3v) is 2.61. The van der Waals surface area contributed by atoms with E-state index in [1.165, 1.54) is 6.33 Å². The number of halogens is 1. The van der Waals surface area contributed by atoms with E-state index in [1.54, 1.807) is 7.11 Å². The Kier molecular flexibility index (Phi) is 3.84. The molecule has 6 heteroatoms. The molecule has 0 radical (unpaired) electrons. The normalized spacial score (nSPS) is 10.1. The summed E-state index contributed by atoms with van der Waals surface area (Å²) in [6.45, 7) is 0.257. The molecule has 94 valence electrons. The summed E-state index contributed by atoms with van der Waals surface area (Å²) in [6, 6.07) is 7.40. The lowest BCUT2D eigenvalue weighted by molar-refractivity contribution is 0.292. The molecule has 0 saturated carbocycles. The Hall–Kier alpha value is -2.01. The average Bonchev–Trinajstić information content (AvgIpc) is 2.41. The Bertz CT molecular complexity index is 598. The lowest BCUT2D eigenvalue weighted by Crippen LogP contribution is -2.09. The van der Waals surface area contributed by atoms with Crippen molar-refractivity contribution >= 4 is 11.6 Å². The van der Waals surface area contributed by atoms with Crippen LogP contribution >= 0.6 is 11.6 Å². The molecular weight excluding hydrogens is 256 g/mol. The van der Waals surface area contributed by atoms with Crippen LogP contribution in [0.2, 0.25) is 5.02 Å². The Labute approximate surface area is 108 Å². The highest BCUT2D eigenvalue weighted by Gasteiger charge is 2.07. The molecule has 0 unspecified atom stereocenters. The first-order chi connectivity index (χ1) is 8.70. The summed E-state index contributed by atoms with van der Waals surface area (Å²) in [5.41, 5.74) is 0.472. The summed E-state index contributed by atoms with van der Waals surface area (Å²) in [6.07, 6.45) is 1.25. The zero-order valence-corrected chi connectivity index (χ0v) is 10.4. The van der Waals surface area contributed by atoms with Gasteiger partial charge in [0.05, 0.1) is 13.4 Å². The highest BCUT2D eigenvalue weighted by molar-refractivity contribution is 6.31. The molecule has 0 aliphatic rings. The van der Waals surface area contributed by atoms with Gasteiger partial charge in [-0.15, -0.1) is 0 Å². The molecule has 1 aromatic heterocycles. The monoisotopic (exact) mass is 266 g/mol. The van der Waals surface area contributed by atoms with Crippen molar-refractivity contribution in [1.82, 2.24) is 9.97 Å². The van der Waals surface area contributed by atoms with Gasteiger partial charge in [-0.05, 0) is 17.7 Å². The third kappa shape index (κ3) is 2.81. The van der Waals surface area contributed by atoms with Crippen molar-refractivity contribution in [3.63, 3.8) is 0 Å². The largest absolute Gasteiger partial charge is 0.497 e. The molecule has 1 N–H and O–H groups in total. The van der Waals surface area contributed by atoms with Crippen LogP contribution in [0.1, 0.15) is 5.56 Å². The number of benzene rings is 1. The van der Waals surface area contributed by atoms with E-state index in [1.807, 2.05) is 24.3 Å². The van der Waals surface area contributed by atoms with Crippen LogP contribution in [0, 0.1) is 0 Å². The van der Waals surface area contributed by atoms with Gasteiger partial charge >= 0.3 is 0 Å². The van der Waals surface area contributed by atoms with Gasteiger partial charge in [-0.25, -0.2) is 4.98 Å². The van der Waals surface area contributed by atoms with Gasteiger partial charge in [0, 0.05) is 0 Å². The second-order valence-corrected chi connectivity index (χ2v) is 3.87. The fourth-order valence-electron chi connectivity index (χ4n) is 1.38. The fraction of sp³-hybridized carbons (Fsp3) is 0.167. The lowest BCUT2D eigenvalue weighted by atomic mass is 10.2. The summed E-state index contributed by atoms with van der Waals surface area (Å²) >= 11 is 5.76. The summed E-state index contributed by atoms with van der Waals surface area (Å²) in [7, 11) is 1.59. The molecule has 0 aliphatic carbocycles. The first-order valence-electron chi connectivity index (χ1n) is 5.19. The maximum absolute atomic E-state index is 11.2. The second-order valence-electron chi connectivity index (χ2n) is 3.49. The van der Waals surface area contributed by atoms with Gasteiger partial charge in [-0.2, -0.15) is 0 Å². The molecule has 2 rings (SSSR count). The Morgan fingerprint density at radius 2 is 2.28 bits per heavy atom. The highest BCUT2D eigenvalue weighted by Crippen LogP contribution is 2.18. The number of aromatic nitrogens is 2. The van der Waals surface area contributed by atoms with Gasteiger partial charge in [0.1, 0.15) is 12.4 Å². The van der Waals surface area contributed by atoms with Crippen LogP contribution in [0.3, 0.4) is 0 Å². The van der Waals surface area contributed by atoms with E-state index in [-0.39, 0.29) is 17.5 Å². The van der Waals surface area contributed by atoms with Crippen molar-refractivity contribution < 1.29 is 9.47 Å². The van der Waals surface area contributed by atoms with Crippen LogP contribution in [0.15, 0.2) is 35.4 Å². The number of nitrogens with zero attached hydrogens (tertiary/aromatic N) is 1. The minimum absolute atomic E-state index is 0.0552. The predicted molar refractivity (Wildman–Crippen MR) is 67.2 cm³/mol. The maximum Gasteiger partial charge on any atom is 0.273 e. The minimum Gasteiger partial charge on any atom is -0.497 e. The van der Waals surface area contributed by atoms with E-state index < -0.39 is 5.56 Å².